The first-order chi connectivity index (χ1) is 61.2. The molecule has 6 aliphatic rings. The summed E-state index contributed by atoms with van der Waals surface area (Å²) in [5.41, 5.74) is 24.9. The van der Waals surface area contributed by atoms with Crippen molar-refractivity contribution in [2.45, 2.75) is 193 Å². The average molecular weight is 1720 g/mol. The van der Waals surface area contributed by atoms with Crippen molar-refractivity contribution >= 4 is 30.0 Å². The Morgan fingerprint density at radius 2 is 0.720 bits per heavy atom. The van der Waals surface area contributed by atoms with Gasteiger partial charge in [0, 0.05) is 16.9 Å². The first-order valence-corrected chi connectivity index (χ1v) is 40.5. The monoisotopic (exact) mass is 1720 g/mol. The smallest absolute Gasteiger partial charge is 0.408 e. The number of amides is 1. The number of alkyl carbamates (subject to hydrolysis) is 1. The summed E-state index contributed by atoms with van der Waals surface area (Å²) >= 11 is 0. The number of carbonyl (C=O) groups excluding carboxylic acids is 5. The van der Waals surface area contributed by atoms with Crippen molar-refractivity contribution in [2.24, 2.45) is 10.2 Å². The van der Waals surface area contributed by atoms with Crippen molar-refractivity contribution in [2.75, 3.05) is 41.2 Å². The van der Waals surface area contributed by atoms with Gasteiger partial charge in [0.15, 0.2) is 55.9 Å². The molecule has 6 heterocycles. The number of nitrogens with zero attached hydrogens (tertiary/aromatic N) is 6. The minimum atomic E-state index is -2.03. The van der Waals surface area contributed by atoms with Gasteiger partial charge >= 0.3 is 30.0 Å². The summed E-state index contributed by atoms with van der Waals surface area (Å²) in [5.74, 6) is -3.98. The van der Waals surface area contributed by atoms with Crippen LogP contribution in [0.1, 0.15) is 54.1 Å². The molecule has 125 heavy (non-hydrogen) atoms. The van der Waals surface area contributed by atoms with Crippen LogP contribution < -0.4 is 5.32 Å². The number of hydrogen-bond donors (Lipinski definition) is 3. The summed E-state index contributed by atoms with van der Waals surface area (Å²) in [7, 11) is 3.46. The number of azide groups is 2. The highest BCUT2D eigenvalue weighted by Gasteiger charge is 2.63. The molecule has 25 atom stereocenters. The maximum atomic E-state index is 15.1. The van der Waals surface area contributed by atoms with Gasteiger partial charge in [0.05, 0.1) is 78.2 Å². The van der Waals surface area contributed by atoms with Crippen LogP contribution in [-0.2, 0) is 149 Å². The lowest BCUT2D eigenvalue weighted by molar-refractivity contribution is -0.380. The molecule has 6 aliphatic heterocycles. The van der Waals surface area contributed by atoms with Crippen LogP contribution >= 0.6 is 0 Å². The molecule has 6 fully saturated rings. The molecule has 1 amide bonds. The van der Waals surface area contributed by atoms with Gasteiger partial charge < -0.3 is 115 Å². The van der Waals surface area contributed by atoms with Gasteiger partial charge in [-0.05, 0) is 68.7 Å². The van der Waals surface area contributed by atoms with Crippen molar-refractivity contribution in [3.05, 3.63) is 308 Å². The Bertz CT molecular complexity index is 4840. The van der Waals surface area contributed by atoms with Crippen LogP contribution in [0.2, 0.25) is 0 Å². The summed E-state index contributed by atoms with van der Waals surface area (Å²) < 4.78 is 138. The van der Waals surface area contributed by atoms with E-state index in [1.807, 2.05) is 60.7 Å². The number of carbonyl (C=O) groups is 5. The van der Waals surface area contributed by atoms with Gasteiger partial charge in [-0.3, -0.25) is 0 Å². The predicted molar refractivity (Wildman–Crippen MR) is 434 cm³/mol. The molecule has 3 N–H and O–H groups in total. The fourth-order valence-electron chi connectivity index (χ4n) is 15.6. The van der Waals surface area contributed by atoms with Crippen LogP contribution in [0.25, 0.3) is 20.9 Å². The fraction of sp³-hybridized carbons (Fsp3) is 0.411. The summed E-state index contributed by atoms with van der Waals surface area (Å²) in [6.07, 6.45) is -37.2. The number of aliphatic hydroxyl groups is 2. The summed E-state index contributed by atoms with van der Waals surface area (Å²) in [6.45, 7) is -3.18. The third kappa shape index (κ3) is 22.6. The Labute approximate surface area is 718 Å². The van der Waals surface area contributed by atoms with Crippen LogP contribution in [0.4, 0.5) is 4.79 Å². The summed E-state index contributed by atoms with van der Waals surface area (Å²) in [5, 5.41) is 34.3. The van der Waals surface area contributed by atoms with E-state index in [0.29, 0.717) is 22.3 Å². The minimum absolute atomic E-state index is 0.00447. The van der Waals surface area contributed by atoms with E-state index in [9.17, 15) is 35.7 Å². The Morgan fingerprint density at radius 1 is 0.376 bits per heavy atom. The molecule has 0 aromatic heterocycles. The van der Waals surface area contributed by atoms with Crippen LogP contribution in [0.5, 0.6) is 0 Å². The third-order valence-electron chi connectivity index (χ3n) is 21.7. The second kappa shape index (κ2) is 44.6. The zero-order valence-electron chi connectivity index (χ0n) is 68.1. The SMILES string of the molecule is COC(=O)C1O[C@@H](O[C@@H]2C(CO)O[C@@H](O[C@H]3C(C(=O)OC)O[C@@H](O[C@@H]4C(COC(=O)c5ccccc5)O[C@H](OC)[C@@H](N=[N+]=[N-])C4OCc4ccccc4)C(OC(=O)c4ccccc4)[C@@H]3OCc3ccccc3)[C@H]3NC(=O)OC23)C(OCc2ccccc2)[C@@H](OCc2ccccc2)[C@@H]1O[C@H]1OC(CO)[C@@H](OCc2ccccc2)[C@H](OCc2ccccc2)C1N=[N+]=[N-]. The maximum absolute atomic E-state index is 15.1. The van der Waals surface area contributed by atoms with Crippen molar-refractivity contribution in [1.29, 1.82) is 0 Å². The van der Waals surface area contributed by atoms with E-state index in [1.54, 1.807) is 158 Å². The Morgan fingerprint density at radius 3 is 1.15 bits per heavy atom. The number of aliphatic hydroxyl groups excluding tert-OH is 2. The maximum Gasteiger partial charge on any atom is 0.408 e. The first kappa shape index (κ1) is 90.1. The number of ether oxygens (including phenoxy) is 21. The Kier molecular flexibility index (Phi) is 32.1. The topological polar surface area (TPSA) is 429 Å². The summed E-state index contributed by atoms with van der Waals surface area (Å²) in [6, 6.07) is 65.4. The van der Waals surface area contributed by atoms with Gasteiger partial charge in [0.25, 0.3) is 0 Å². The molecule has 0 saturated carbocycles. The second-order valence-corrected chi connectivity index (χ2v) is 29.7. The number of esters is 4. The van der Waals surface area contributed by atoms with E-state index in [1.165, 1.54) is 31.4 Å². The fourth-order valence-corrected chi connectivity index (χ4v) is 15.6. The molecule has 658 valence electrons. The average Bonchev–Trinajstić information content (AvgIpc) is 1.68. The van der Waals surface area contributed by atoms with E-state index in [2.05, 4.69) is 25.4 Å². The van der Waals surface area contributed by atoms with Crippen LogP contribution in [0.3, 0.4) is 0 Å². The zero-order chi connectivity index (χ0) is 87.0. The molecule has 8 aromatic carbocycles. The largest absolute Gasteiger partial charge is 0.467 e. The van der Waals surface area contributed by atoms with Crippen molar-refractivity contribution in [3.8, 4) is 0 Å². The highest BCUT2D eigenvalue weighted by molar-refractivity contribution is 5.90. The molecule has 0 spiro atoms. The van der Waals surface area contributed by atoms with E-state index in [0.717, 1.165) is 25.3 Å². The molecular formula is C90H95N7O28. The summed E-state index contributed by atoms with van der Waals surface area (Å²) in [4.78, 5) is 79.7. The van der Waals surface area contributed by atoms with E-state index in [4.69, 9.17) is 99.5 Å². The highest BCUT2D eigenvalue weighted by Crippen LogP contribution is 2.43. The zero-order valence-corrected chi connectivity index (χ0v) is 68.1. The van der Waals surface area contributed by atoms with Crippen LogP contribution in [0.15, 0.2) is 253 Å². The minimum Gasteiger partial charge on any atom is -0.467 e. The Hall–Kier alpha value is -11.2. The molecule has 10 unspecified atom stereocenters. The molecule has 6 saturated heterocycles. The standard InChI is InChI=1S/C90H95N7O28/c1-105-83(102)77-75(122-87-66(95-97-92)70(109-47-54-30-14-5-15-31-54)67(61(44-98)115-87)108-46-53-28-12-4-13-29-53)73(111-49-56-34-18-7-19-35-56)79(113-51-58-38-22-9-23-39-58)88(123-77)119-68-62(45-99)116-86(64-72(68)125-90(104)93-64)121-76-74(112-50-57-36-20-8-21-37-57)80(118-82(101)60-42-26-11-27-43-60)89(124-78(76)84(103)106-2)120-69-63(52-114-81(100)59-40-24-10-25-41-59)117-85(107-3)65(94-96-91)71(69)110-48-55-32-16-6-17-33-55/h4-43,61-80,85-89,98-99H,44-52H2,1-3H3,(H,93,104)/t61?,62?,63?,64-,65-,66?,67+,68+,69+,70+,71?,72?,73-,74+,75-,76+,77?,78?,79?,80?,85-,86-,87+,88+,89+/m0/s1. The Balaban J connectivity index is 0.824. The number of nitrogens with one attached hydrogen (secondary N) is 1. The van der Waals surface area contributed by atoms with Crippen LogP contribution in [0, 0.1) is 0 Å². The van der Waals surface area contributed by atoms with Crippen LogP contribution in [-0.4, -0.2) is 235 Å². The van der Waals surface area contributed by atoms with Crippen molar-refractivity contribution in [3.63, 3.8) is 0 Å². The quantitative estimate of drug-likeness (QED) is 0.0106. The van der Waals surface area contributed by atoms with E-state index in [-0.39, 0.29) is 50.8 Å². The normalized spacial score (nSPS) is 30.0. The molecule has 35 nitrogen and oxygen atoms in total. The van der Waals surface area contributed by atoms with Crippen molar-refractivity contribution in [1.82, 2.24) is 5.32 Å². The first-order valence-electron chi connectivity index (χ1n) is 40.5. The highest BCUT2D eigenvalue weighted by atomic mass is 16.8. The van der Waals surface area contributed by atoms with Gasteiger partial charge in [0.2, 0.25) is 0 Å². The molecule has 0 bridgehead atoms. The van der Waals surface area contributed by atoms with E-state index < -0.39 is 203 Å². The van der Waals surface area contributed by atoms with Gasteiger partial charge in [-0.1, -0.05) is 229 Å². The lowest BCUT2D eigenvalue weighted by Gasteiger charge is -2.51. The number of rotatable bonds is 38. The number of fused-ring (bicyclic) bond motifs is 1. The molecular weight excluding hydrogens is 1630 g/mol. The van der Waals surface area contributed by atoms with Gasteiger partial charge in [-0.2, -0.15) is 0 Å². The molecule has 14 rings (SSSR count). The van der Waals surface area contributed by atoms with Crippen molar-refractivity contribution < 1.29 is 134 Å². The van der Waals surface area contributed by atoms with Gasteiger partial charge in [-0.15, -0.1) is 0 Å². The van der Waals surface area contributed by atoms with E-state index >= 15 is 9.59 Å². The van der Waals surface area contributed by atoms with Gasteiger partial charge in [0.1, 0.15) is 104 Å². The lowest BCUT2D eigenvalue weighted by atomic mass is 9.93. The predicted octanol–water partition coefficient (Wildman–Crippen LogP) is 9.56. The molecule has 0 radical (unpaired) electrons. The molecule has 8 aromatic rings. The third-order valence-corrected chi connectivity index (χ3v) is 21.7. The molecule has 0 aliphatic carbocycles. The number of hydrogen-bond acceptors (Lipinski definition) is 30. The molecule has 35 heteroatoms. The second-order valence-electron chi connectivity index (χ2n) is 29.7. The van der Waals surface area contributed by atoms with Gasteiger partial charge in [-0.25, -0.2) is 24.0 Å². The number of methoxy groups -OCH3 is 3. The number of benzene rings is 8. The lowest BCUT2D eigenvalue weighted by Crippen LogP contribution is -2.69.